The maximum absolute atomic E-state index is 12.2. The lowest BCUT2D eigenvalue weighted by Crippen LogP contribution is -2.57. The third-order valence-corrected chi connectivity index (χ3v) is 4.27. The second-order valence-corrected chi connectivity index (χ2v) is 6.70. The highest BCUT2D eigenvalue weighted by atomic mass is 32.2. The molecule has 154 valence electrons. The van der Waals surface area contributed by atoms with E-state index in [1.807, 2.05) is 0 Å². The number of carbonyl (C=O) groups is 5. The summed E-state index contributed by atoms with van der Waals surface area (Å²) in [6.45, 7) is -0.449. The molecule has 0 radical (unpaired) electrons. The first-order valence-electron chi connectivity index (χ1n) is 7.80. The van der Waals surface area contributed by atoms with Crippen molar-refractivity contribution in [1.82, 2.24) is 16.0 Å². The lowest BCUT2D eigenvalue weighted by atomic mass is 10.1. The van der Waals surface area contributed by atoms with E-state index in [-0.39, 0.29) is 12.2 Å². The molecule has 0 aromatic carbocycles. The summed E-state index contributed by atoms with van der Waals surface area (Å²) in [7, 11) is 0. The number of thioether (sulfide) groups is 1. The van der Waals surface area contributed by atoms with E-state index >= 15 is 0 Å². The minimum absolute atomic E-state index is 0.170. The molecule has 13 heteroatoms. The highest BCUT2D eigenvalue weighted by Crippen LogP contribution is 2.03. The van der Waals surface area contributed by atoms with Crippen LogP contribution >= 0.6 is 24.4 Å². The van der Waals surface area contributed by atoms with Gasteiger partial charge in [-0.3, -0.25) is 19.2 Å². The van der Waals surface area contributed by atoms with Crippen molar-refractivity contribution in [2.75, 3.05) is 24.3 Å². The van der Waals surface area contributed by atoms with Crippen LogP contribution in [0.4, 0.5) is 0 Å². The van der Waals surface area contributed by atoms with Crippen molar-refractivity contribution in [2.24, 2.45) is 5.73 Å². The van der Waals surface area contributed by atoms with E-state index in [4.69, 9.17) is 15.9 Å². The molecule has 0 saturated carbocycles. The number of thiol groups is 1. The van der Waals surface area contributed by atoms with E-state index in [9.17, 15) is 24.0 Å². The van der Waals surface area contributed by atoms with Crippen LogP contribution in [0.3, 0.4) is 0 Å². The van der Waals surface area contributed by atoms with E-state index in [2.05, 4.69) is 28.6 Å². The van der Waals surface area contributed by atoms with Gasteiger partial charge in [-0.05, 0) is 18.4 Å². The number of hydrogen-bond acceptors (Lipinski definition) is 8. The van der Waals surface area contributed by atoms with Gasteiger partial charge in [0.15, 0.2) is 0 Å². The molecule has 7 N–H and O–H groups in total. The van der Waals surface area contributed by atoms with Gasteiger partial charge < -0.3 is 31.9 Å². The molecule has 0 aromatic heterocycles. The molecule has 0 fully saturated rings. The summed E-state index contributed by atoms with van der Waals surface area (Å²) >= 11 is 5.36. The minimum Gasteiger partial charge on any atom is -0.481 e. The first-order chi connectivity index (χ1) is 12.7. The van der Waals surface area contributed by atoms with Crippen LogP contribution in [0, 0.1) is 0 Å². The highest BCUT2D eigenvalue weighted by Gasteiger charge is 2.29. The smallest absolute Gasteiger partial charge is 0.326 e. The van der Waals surface area contributed by atoms with E-state index in [0.717, 1.165) is 0 Å². The van der Waals surface area contributed by atoms with Gasteiger partial charge in [0.2, 0.25) is 17.7 Å². The molecule has 0 aliphatic rings. The number of carboxylic acid groups (broad SMARTS) is 2. The molecule has 0 bridgehead atoms. The number of rotatable bonds is 13. The van der Waals surface area contributed by atoms with Gasteiger partial charge in [-0.15, -0.1) is 0 Å². The van der Waals surface area contributed by atoms with E-state index in [0.29, 0.717) is 5.75 Å². The molecular formula is C14H24N4O7S2. The summed E-state index contributed by atoms with van der Waals surface area (Å²) in [6.07, 6.45) is 1.25. The van der Waals surface area contributed by atoms with Crippen molar-refractivity contribution in [2.45, 2.75) is 31.0 Å². The fourth-order valence-electron chi connectivity index (χ4n) is 1.87. The minimum atomic E-state index is -1.44. The standard InChI is InChI=1S/C14H24N4O7S2/c1-27-3-2-7(14(24)25)17-13(23)9(6-26)18-12(22)8(4-11(20)21)16-10(19)5-15/h7-9,26H,2-6,15H2,1H3,(H,16,19)(H,17,23)(H,18,22)(H,20,21)(H,24,25). The normalized spacial score (nSPS) is 13.7. The Labute approximate surface area is 165 Å². The molecule has 11 nitrogen and oxygen atoms in total. The monoisotopic (exact) mass is 424 g/mol. The summed E-state index contributed by atoms with van der Waals surface area (Å²) < 4.78 is 0. The lowest BCUT2D eigenvalue weighted by molar-refractivity contribution is -0.143. The SMILES string of the molecule is CSCCC(NC(=O)C(CS)NC(=O)C(CC(=O)O)NC(=O)CN)C(=O)O. The molecule has 0 saturated heterocycles. The van der Waals surface area contributed by atoms with Crippen molar-refractivity contribution in [3.63, 3.8) is 0 Å². The van der Waals surface area contributed by atoms with Crippen molar-refractivity contribution in [3.05, 3.63) is 0 Å². The zero-order chi connectivity index (χ0) is 21.0. The van der Waals surface area contributed by atoms with Crippen LogP contribution in [0.25, 0.3) is 0 Å². The molecule has 3 atom stereocenters. The second kappa shape index (κ2) is 13.2. The zero-order valence-corrected chi connectivity index (χ0v) is 16.3. The fraction of sp³-hybridized carbons (Fsp3) is 0.643. The summed E-state index contributed by atoms with van der Waals surface area (Å²) in [5.41, 5.74) is 5.13. The van der Waals surface area contributed by atoms with Crippen molar-refractivity contribution < 1.29 is 34.2 Å². The Balaban J connectivity index is 5.04. The molecule has 0 heterocycles. The molecule has 0 aliphatic heterocycles. The molecule has 0 aliphatic carbocycles. The van der Waals surface area contributed by atoms with Gasteiger partial charge in [0, 0.05) is 5.75 Å². The topological polar surface area (TPSA) is 188 Å². The van der Waals surface area contributed by atoms with Crippen molar-refractivity contribution in [3.8, 4) is 0 Å². The number of hydrogen-bond donors (Lipinski definition) is 7. The lowest BCUT2D eigenvalue weighted by Gasteiger charge is -2.22. The van der Waals surface area contributed by atoms with Crippen LogP contribution in [0.15, 0.2) is 0 Å². The van der Waals surface area contributed by atoms with E-state index in [1.54, 1.807) is 6.26 Å². The van der Waals surface area contributed by atoms with Crippen LogP contribution in [-0.2, 0) is 24.0 Å². The van der Waals surface area contributed by atoms with Gasteiger partial charge in [0.25, 0.3) is 0 Å². The Bertz CT molecular complexity index is 562. The quantitative estimate of drug-likeness (QED) is 0.159. The number of amides is 3. The average molecular weight is 425 g/mol. The van der Waals surface area contributed by atoms with Gasteiger partial charge in [0.05, 0.1) is 13.0 Å². The number of nitrogens with two attached hydrogens (primary N) is 1. The van der Waals surface area contributed by atoms with Crippen molar-refractivity contribution >= 4 is 54.1 Å². The zero-order valence-electron chi connectivity index (χ0n) is 14.6. The van der Waals surface area contributed by atoms with Gasteiger partial charge >= 0.3 is 11.9 Å². The predicted molar refractivity (Wildman–Crippen MR) is 102 cm³/mol. The molecule has 0 aromatic rings. The average Bonchev–Trinajstić information content (AvgIpc) is 2.61. The van der Waals surface area contributed by atoms with Crippen molar-refractivity contribution in [1.29, 1.82) is 0 Å². The van der Waals surface area contributed by atoms with E-state index in [1.165, 1.54) is 11.8 Å². The van der Waals surface area contributed by atoms with E-state index < -0.39 is 60.8 Å². The number of carboxylic acids is 2. The van der Waals surface area contributed by atoms with Gasteiger partial charge in [0.1, 0.15) is 18.1 Å². The Hall–Kier alpha value is -1.99. The largest absolute Gasteiger partial charge is 0.481 e. The van der Waals surface area contributed by atoms with Crippen LogP contribution in [0.5, 0.6) is 0 Å². The summed E-state index contributed by atoms with van der Waals surface area (Å²) in [5.74, 6) is -4.69. The molecular weight excluding hydrogens is 400 g/mol. The Morgan fingerprint density at radius 3 is 2.00 bits per heavy atom. The predicted octanol–water partition coefficient (Wildman–Crippen LogP) is -2.36. The summed E-state index contributed by atoms with van der Waals surface area (Å²) in [6, 6.07) is -3.81. The van der Waals surface area contributed by atoms with Crippen LogP contribution in [0.2, 0.25) is 0 Å². The molecule has 27 heavy (non-hydrogen) atoms. The number of aliphatic carboxylic acids is 2. The Morgan fingerprint density at radius 2 is 1.56 bits per heavy atom. The molecule has 3 unspecified atom stereocenters. The Kier molecular flexibility index (Phi) is 12.2. The first kappa shape index (κ1) is 25.0. The second-order valence-electron chi connectivity index (χ2n) is 5.35. The number of nitrogens with one attached hydrogen (secondary N) is 3. The summed E-state index contributed by atoms with van der Waals surface area (Å²) in [4.78, 5) is 57.9. The third kappa shape index (κ3) is 10.1. The van der Waals surface area contributed by atoms with Gasteiger partial charge in [-0.25, -0.2) is 4.79 Å². The molecule has 0 rings (SSSR count). The molecule has 0 spiro atoms. The maximum Gasteiger partial charge on any atom is 0.326 e. The van der Waals surface area contributed by atoms with Crippen LogP contribution < -0.4 is 21.7 Å². The molecule has 3 amide bonds. The maximum atomic E-state index is 12.2. The van der Waals surface area contributed by atoms with Gasteiger partial charge in [-0.2, -0.15) is 24.4 Å². The fourth-order valence-corrected chi connectivity index (χ4v) is 2.60. The summed E-state index contributed by atoms with van der Waals surface area (Å²) in [5, 5.41) is 24.7. The highest BCUT2D eigenvalue weighted by molar-refractivity contribution is 7.98. The third-order valence-electron chi connectivity index (χ3n) is 3.26. The number of carbonyl (C=O) groups excluding carboxylic acids is 3. The Morgan fingerprint density at radius 1 is 1.00 bits per heavy atom. The van der Waals surface area contributed by atoms with Crippen LogP contribution in [0.1, 0.15) is 12.8 Å². The van der Waals surface area contributed by atoms with Crippen LogP contribution in [-0.4, -0.2) is 82.3 Å². The van der Waals surface area contributed by atoms with Gasteiger partial charge in [-0.1, -0.05) is 0 Å². The first-order valence-corrected chi connectivity index (χ1v) is 9.83.